The third kappa shape index (κ3) is 1.15. The van der Waals surface area contributed by atoms with Gasteiger partial charge in [0.2, 0.25) is 0 Å². The summed E-state index contributed by atoms with van der Waals surface area (Å²) in [7, 11) is 0. The van der Waals surface area contributed by atoms with Crippen LogP contribution in [0.3, 0.4) is 0 Å². The van der Waals surface area contributed by atoms with Gasteiger partial charge in [0.25, 0.3) is 5.85 Å². The molecule has 1 unspecified atom stereocenters. The molecule has 0 saturated carbocycles. The number of hydrogen-bond donors (Lipinski definition) is 2. The predicted octanol–water partition coefficient (Wildman–Crippen LogP) is 1.04. The first kappa shape index (κ1) is 7.52. The van der Waals surface area contributed by atoms with Crippen LogP contribution in [0.1, 0.15) is 5.56 Å². The summed E-state index contributed by atoms with van der Waals surface area (Å²) >= 11 is 1.53. The molecule has 1 atom stereocenters. The average molecular weight is 180 g/mol. The fourth-order valence-corrected chi connectivity index (χ4v) is 1.71. The third-order valence-corrected chi connectivity index (χ3v) is 2.34. The molecule has 0 bridgehead atoms. The summed E-state index contributed by atoms with van der Waals surface area (Å²) in [6, 6.07) is 1.84. The van der Waals surface area contributed by atoms with Gasteiger partial charge in [-0.05, 0) is 17.5 Å². The molecule has 3 nitrogen and oxygen atoms in total. The Balaban J connectivity index is 2.34. The largest absolute Gasteiger partial charge is 0.349 e. The van der Waals surface area contributed by atoms with Gasteiger partial charge >= 0.3 is 0 Å². The fourth-order valence-electron chi connectivity index (χ4n) is 1.02. The van der Waals surface area contributed by atoms with E-state index < -0.39 is 5.85 Å². The zero-order valence-corrected chi connectivity index (χ0v) is 7.08. The lowest BCUT2D eigenvalue weighted by Gasteiger charge is -2.24. The Bertz CT molecular complexity index is 318. The minimum atomic E-state index is -1.26. The highest BCUT2D eigenvalue weighted by atomic mass is 32.1. The second-order valence-corrected chi connectivity index (χ2v) is 3.25. The average Bonchev–Trinajstić information content (AvgIpc) is 2.58. The fraction of sp³-hybridized carbons (Fsp3) is 0.125. The Morgan fingerprint density at radius 3 is 3.08 bits per heavy atom. The molecule has 0 spiro atoms. The van der Waals surface area contributed by atoms with E-state index in [9.17, 15) is 5.11 Å². The Hall–Kier alpha value is -1.13. The molecule has 2 N–H and O–H groups in total. The standard InChI is InChI=1S/C8H8N2OS/c11-8(7-2-5-12-6-7)9-3-1-4-10-8/h1-6,9,11H. The molecular weight excluding hydrogens is 172 g/mol. The molecule has 0 radical (unpaired) electrons. The summed E-state index contributed by atoms with van der Waals surface area (Å²) in [4.78, 5) is 3.94. The van der Waals surface area contributed by atoms with Crippen molar-refractivity contribution in [2.45, 2.75) is 5.85 Å². The number of nitrogens with zero attached hydrogens (tertiary/aromatic N) is 1. The van der Waals surface area contributed by atoms with Crippen molar-refractivity contribution in [1.82, 2.24) is 5.32 Å². The molecule has 0 fully saturated rings. The molecule has 0 amide bonds. The van der Waals surface area contributed by atoms with Gasteiger partial charge in [-0.2, -0.15) is 11.3 Å². The summed E-state index contributed by atoms with van der Waals surface area (Å²) in [6.07, 6.45) is 4.99. The monoisotopic (exact) mass is 180 g/mol. The molecule has 0 aromatic carbocycles. The molecule has 2 heterocycles. The van der Waals surface area contributed by atoms with Gasteiger partial charge in [0, 0.05) is 23.4 Å². The van der Waals surface area contributed by atoms with Crippen LogP contribution < -0.4 is 5.32 Å². The molecule has 1 aliphatic heterocycles. The smallest absolute Gasteiger partial charge is 0.262 e. The van der Waals surface area contributed by atoms with Gasteiger partial charge in [0.05, 0.1) is 0 Å². The molecule has 0 saturated heterocycles. The summed E-state index contributed by atoms with van der Waals surface area (Å²) < 4.78 is 0. The third-order valence-electron chi connectivity index (χ3n) is 1.65. The first-order chi connectivity index (χ1) is 5.81. The van der Waals surface area contributed by atoms with Gasteiger partial charge in [-0.3, -0.25) is 0 Å². The maximum Gasteiger partial charge on any atom is 0.262 e. The van der Waals surface area contributed by atoms with E-state index in [4.69, 9.17) is 0 Å². The lowest BCUT2D eigenvalue weighted by Crippen LogP contribution is -2.38. The van der Waals surface area contributed by atoms with Crippen molar-refractivity contribution < 1.29 is 5.11 Å². The number of aliphatic hydroxyl groups is 1. The lowest BCUT2D eigenvalue weighted by atomic mass is 10.2. The highest BCUT2D eigenvalue weighted by Crippen LogP contribution is 2.22. The molecule has 1 aromatic rings. The van der Waals surface area contributed by atoms with E-state index >= 15 is 0 Å². The highest BCUT2D eigenvalue weighted by Gasteiger charge is 2.27. The van der Waals surface area contributed by atoms with Crippen LogP contribution in [0.2, 0.25) is 0 Å². The van der Waals surface area contributed by atoms with E-state index in [-0.39, 0.29) is 0 Å². The van der Waals surface area contributed by atoms with Gasteiger partial charge in [0.15, 0.2) is 0 Å². The molecule has 4 heteroatoms. The Morgan fingerprint density at radius 1 is 1.58 bits per heavy atom. The minimum Gasteiger partial charge on any atom is -0.349 e. The lowest BCUT2D eigenvalue weighted by molar-refractivity contribution is 0.0237. The number of thiophene rings is 1. The van der Waals surface area contributed by atoms with Crippen LogP contribution in [0.25, 0.3) is 0 Å². The normalized spacial score (nSPS) is 27.1. The van der Waals surface area contributed by atoms with Gasteiger partial charge in [0.1, 0.15) is 0 Å². The summed E-state index contributed by atoms with van der Waals surface area (Å²) in [6.45, 7) is 0. The molecule has 1 aliphatic rings. The van der Waals surface area contributed by atoms with Crippen LogP contribution in [0.15, 0.2) is 34.1 Å². The maximum atomic E-state index is 9.88. The second-order valence-electron chi connectivity index (χ2n) is 2.47. The van der Waals surface area contributed by atoms with Crippen LogP contribution >= 0.6 is 11.3 Å². The summed E-state index contributed by atoms with van der Waals surface area (Å²) in [5.74, 6) is -1.26. The minimum absolute atomic E-state index is 0.771. The topological polar surface area (TPSA) is 44.6 Å². The van der Waals surface area contributed by atoms with Crippen molar-refractivity contribution in [3.63, 3.8) is 0 Å². The maximum absolute atomic E-state index is 9.88. The van der Waals surface area contributed by atoms with Crippen LogP contribution in [0.5, 0.6) is 0 Å². The highest BCUT2D eigenvalue weighted by molar-refractivity contribution is 7.08. The van der Waals surface area contributed by atoms with Crippen molar-refractivity contribution >= 4 is 17.6 Å². The summed E-state index contributed by atoms with van der Waals surface area (Å²) in [5, 5.41) is 16.4. The number of aliphatic imine (C=N–C) groups is 1. The van der Waals surface area contributed by atoms with Crippen molar-refractivity contribution in [2.24, 2.45) is 4.99 Å². The van der Waals surface area contributed by atoms with E-state index in [1.54, 1.807) is 18.5 Å². The molecule has 2 rings (SSSR count). The number of rotatable bonds is 1. The summed E-state index contributed by atoms with van der Waals surface area (Å²) in [5.41, 5.74) is 0.771. The van der Waals surface area contributed by atoms with E-state index in [2.05, 4.69) is 10.3 Å². The number of allylic oxidation sites excluding steroid dienone is 1. The quantitative estimate of drug-likeness (QED) is 0.678. The number of nitrogens with one attached hydrogen (secondary N) is 1. The van der Waals surface area contributed by atoms with E-state index in [0.29, 0.717) is 0 Å². The first-order valence-corrected chi connectivity index (χ1v) is 4.49. The predicted molar refractivity (Wildman–Crippen MR) is 49.0 cm³/mol. The van der Waals surface area contributed by atoms with E-state index in [1.807, 2.05) is 16.8 Å². The van der Waals surface area contributed by atoms with Crippen molar-refractivity contribution in [2.75, 3.05) is 0 Å². The SMILES string of the molecule is OC1(c2ccsc2)N=CC=CN1. The van der Waals surface area contributed by atoms with Gasteiger partial charge in [-0.1, -0.05) is 0 Å². The van der Waals surface area contributed by atoms with Gasteiger partial charge in [-0.15, -0.1) is 0 Å². The Labute approximate surface area is 74.1 Å². The zero-order chi connectivity index (χ0) is 8.44. The molecule has 62 valence electrons. The van der Waals surface area contributed by atoms with Crippen LogP contribution in [-0.2, 0) is 5.85 Å². The second kappa shape index (κ2) is 2.73. The number of hydrogen-bond acceptors (Lipinski definition) is 4. The van der Waals surface area contributed by atoms with E-state index in [0.717, 1.165) is 5.56 Å². The Morgan fingerprint density at radius 2 is 2.50 bits per heavy atom. The van der Waals surface area contributed by atoms with Crippen LogP contribution in [0, 0.1) is 0 Å². The molecular formula is C8H8N2OS. The molecule has 1 aromatic heterocycles. The van der Waals surface area contributed by atoms with Crippen LogP contribution in [-0.4, -0.2) is 11.3 Å². The van der Waals surface area contributed by atoms with Gasteiger partial charge in [-0.25, -0.2) is 4.99 Å². The van der Waals surface area contributed by atoms with Crippen molar-refractivity contribution in [3.05, 3.63) is 34.7 Å². The van der Waals surface area contributed by atoms with Crippen molar-refractivity contribution in [3.8, 4) is 0 Å². The molecule has 0 aliphatic carbocycles. The van der Waals surface area contributed by atoms with Crippen LogP contribution in [0.4, 0.5) is 0 Å². The van der Waals surface area contributed by atoms with E-state index in [1.165, 1.54) is 11.3 Å². The first-order valence-electron chi connectivity index (χ1n) is 3.54. The van der Waals surface area contributed by atoms with Gasteiger partial charge < -0.3 is 10.4 Å². The molecule has 12 heavy (non-hydrogen) atoms. The zero-order valence-electron chi connectivity index (χ0n) is 6.27. The van der Waals surface area contributed by atoms with Crippen molar-refractivity contribution in [1.29, 1.82) is 0 Å². The Kier molecular flexibility index (Phi) is 1.71.